The van der Waals surface area contributed by atoms with Crippen molar-refractivity contribution in [2.45, 2.75) is 33.3 Å². The van der Waals surface area contributed by atoms with Gasteiger partial charge in [0.2, 0.25) is 5.91 Å². The number of ether oxygens (including phenoxy) is 1. The maximum Gasteiger partial charge on any atom is 0.221 e. The van der Waals surface area contributed by atoms with Crippen molar-refractivity contribution < 1.29 is 9.53 Å². The first kappa shape index (κ1) is 16.5. The number of rotatable bonds is 5. The summed E-state index contributed by atoms with van der Waals surface area (Å²) in [5.41, 5.74) is 2.79. The molecule has 0 bridgehead atoms. The molecule has 3 aromatic rings. The Labute approximate surface area is 145 Å². The maximum absolute atomic E-state index is 11.2. The largest absolute Gasteiger partial charge is 0.483 e. The van der Waals surface area contributed by atoms with E-state index in [1.807, 2.05) is 43.3 Å². The molecule has 1 heterocycles. The Morgan fingerprint density at radius 2 is 2.08 bits per heavy atom. The Kier molecular flexibility index (Phi) is 4.81. The van der Waals surface area contributed by atoms with E-state index in [4.69, 9.17) is 9.72 Å². The number of hydrogen-bond acceptors (Lipinski definition) is 4. The van der Waals surface area contributed by atoms with Crippen LogP contribution >= 0.6 is 11.3 Å². The molecule has 0 aliphatic carbocycles. The van der Waals surface area contributed by atoms with E-state index < -0.39 is 0 Å². The summed E-state index contributed by atoms with van der Waals surface area (Å²) in [6, 6.07) is 13.8. The van der Waals surface area contributed by atoms with Gasteiger partial charge in [-0.15, -0.1) is 11.3 Å². The zero-order chi connectivity index (χ0) is 17.1. The number of thiazole rings is 1. The van der Waals surface area contributed by atoms with Crippen molar-refractivity contribution in [3.8, 4) is 5.75 Å². The molecule has 3 rings (SSSR count). The molecule has 24 heavy (non-hydrogen) atoms. The minimum Gasteiger partial charge on any atom is -0.483 e. The lowest BCUT2D eigenvalue weighted by Gasteiger charge is -2.16. The van der Waals surface area contributed by atoms with E-state index in [0.717, 1.165) is 33.9 Å². The molecule has 1 atom stereocenters. The van der Waals surface area contributed by atoms with E-state index in [1.165, 1.54) is 11.6 Å². The van der Waals surface area contributed by atoms with Gasteiger partial charge in [-0.1, -0.05) is 19.1 Å². The summed E-state index contributed by atoms with van der Waals surface area (Å²) in [6.45, 7) is 5.55. The first-order chi connectivity index (χ1) is 11.6. The molecule has 5 heteroatoms. The number of nitrogens with zero attached hydrogens (tertiary/aromatic N) is 1. The number of aryl methyl sites for hydroxylation is 1. The smallest absolute Gasteiger partial charge is 0.221 e. The zero-order valence-electron chi connectivity index (χ0n) is 14.0. The molecular weight excluding hydrogens is 320 g/mol. The summed E-state index contributed by atoms with van der Waals surface area (Å²) in [6.07, 6.45) is 0.764. The molecule has 0 aliphatic heterocycles. The van der Waals surface area contributed by atoms with Crippen LogP contribution in [0, 0.1) is 6.92 Å². The van der Waals surface area contributed by atoms with Gasteiger partial charge in [-0.2, -0.15) is 0 Å². The number of carbonyl (C=O) groups excluding carboxylic acids is 1. The second kappa shape index (κ2) is 7.01. The van der Waals surface area contributed by atoms with Gasteiger partial charge in [0.05, 0.1) is 10.2 Å². The molecule has 1 aromatic heterocycles. The molecule has 0 fully saturated rings. The zero-order valence-corrected chi connectivity index (χ0v) is 14.8. The van der Waals surface area contributed by atoms with Gasteiger partial charge >= 0.3 is 0 Å². The molecule has 4 nitrogen and oxygen atoms in total. The third-order valence-electron chi connectivity index (χ3n) is 3.74. The number of nitrogens with one attached hydrogen (secondary N) is 1. The van der Waals surface area contributed by atoms with Gasteiger partial charge in [0.15, 0.2) is 0 Å². The first-order valence-corrected chi connectivity index (χ1v) is 8.79. The van der Waals surface area contributed by atoms with Crippen LogP contribution in [0.25, 0.3) is 10.2 Å². The number of fused-ring (bicyclic) bond motifs is 1. The van der Waals surface area contributed by atoms with Crippen molar-refractivity contribution in [1.29, 1.82) is 0 Å². The highest BCUT2D eigenvalue weighted by Gasteiger charge is 2.17. The van der Waals surface area contributed by atoms with Gasteiger partial charge in [0, 0.05) is 12.6 Å². The quantitative estimate of drug-likeness (QED) is 0.703. The van der Waals surface area contributed by atoms with Gasteiger partial charge in [-0.3, -0.25) is 4.79 Å². The van der Waals surface area contributed by atoms with Crippen molar-refractivity contribution >= 4 is 33.1 Å². The third-order valence-corrected chi connectivity index (χ3v) is 4.87. The normalized spacial score (nSPS) is 12.1. The average molecular weight is 340 g/mol. The van der Waals surface area contributed by atoms with Crippen LogP contribution in [0.3, 0.4) is 0 Å². The van der Waals surface area contributed by atoms with Crippen molar-refractivity contribution in [2.24, 2.45) is 0 Å². The van der Waals surface area contributed by atoms with Gasteiger partial charge in [-0.25, -0.2) is 4.98 Å². The molecule has 0 spiro atoms. The van der Waals surface area contributed by atoms with E-state index in [1.54, 1.807) is 11.3 Å². The van der Waals surface area contributed by atoms with E-state index in [2.05, 4.69) is 18.3 Å². The Hall–Kier alpha value is -2.40. The fourth-order valence-electron chi connectivity index (χ4n) is 2.54. The van der Waals surface area contributed by atoms with Crippen molar-refractivity contribution in [3.63, 3.8) is 0 Å². The fourth-order valence-corrected chi connectivity index (χ4v) is 3.62. The van der Waals surface area contributed by atoms with Crippen LogP contribution in [0.1, 0.15) is 36.9 Å². The molecule has 0 aliphatic rings. The molecule has 0 saturated heterocycles. The van der Waals surface area contributed by atoms with Crippen LogP contribution in [0.2, 0.25) is 0 Å². The molecular formula is C19H20N2O2S. The highest BCUT2D eigenvalue weighted by molar-refractivity contribution is 7.18. The van der Waals surface area contributed by atoms with E-state index in [9.17, 15) is 4.79 Å². The van der Waals surface area contributed by atoms with Gasteiger partial charge in [-0.05, 0) is 49.2 Å². The van der Waals surface area contributed by atoms with Gasteiger partial charge in [0.25, 0.3) is 0 Å². The third kappa shape index (κ3) is 3.57. The number of hydrogen-bond donors (Lipinski definition) is 1. The fraction of sp³-hybridized carbons (Fsp3) is 0.263. The molecule has 124 valence electrons. The summed E-state index contributed by atoms with van der Waals surface area (Å²) < 4.78 is 7.33. The summed E-state index contributed by atoms with van der Waals surface area (Å²) in [5.74, 6) is 0.709. The lowest BCUT2D eigenvalue weighted by Crippen LogP contribution is -2.08. The second-order valence-electron chi connectivity index (χ2n) is 5.69. The molecule has 0 radical (unpaired) electrons. The van der Waals surface area contributed by atoms with Crippen LogP contribution in [-0.2, 0) is 4.79 Å². The highest BCUT2D eigenvalue weighted by Crippen LogP contribution is 2.32. The second-order valence-corrected chi connectivity index (χ2v) is 6.75. The average Bonchev–Trinajstić information content (AvgIpc) is 2.98. The minimum absolute atomic E-state index is 0.0755. The van der Waals surface area contributed by atoms with Crippen molar-refractivity contribution in [1.82, 2.24) is 4.98 Å². The maximum atomic E-state index is 11.2. The van der Waals surface area contributed by atoms with Gasteiger partial charge < -0.3 is 10.1 Å². The van der Waals surface area contributed by atoms with Crippen molar-refractivity contribution in [3.05, 3.63) is 53.0 Å². The summed E-state index contributed by atoms with van der Waals surface area (Å²) in [5, 5.41) is 3.80. The van der Waals surface area contributed by atoms with Crippen LogP contribution in [-0.4, -0.2) is 10.9 Å². The minimum atomic E-state index is -0.0762. The van der Waals surface area contributed by atoms with Crippen molar-refractivity contribution in [2.75, 3.05) is 5.32 Å². The summed E-state index contributed by atoms with van der Waals surface area (Å²) in [7, 11) is 0. The lowest BCUT2D eigenvalue weighted by molar-refractivity contribution is -0.114. The highest BCUT2D eigenvalue weighted by atomic mass is 32.1. The molecule has 1 N–H and O–H groups in total. The van der Waals surface area contributed by atoms with Gasteiger partial charge in [0.1, 0.15) is 16.9 Å². The molecule has 2 aromatic carbocycles. The Balaban J connectivity index is 1.82. The Morgan fingerprint density at radius 1 is 1.29 bits per heavy atom. The van der Waals surface area contributed by atoms with E-state index in [0.29, 0.717) is 0 Å². The molecule has 1 amide bonds. The Morgan fingerprint density at radius 3 is 2.75 bits per heavy atom. The lowest BCUT2D eigenvalue weighted by atomic mass is 10.2. The molecule has 0 saturated carbocycles. The van der Waals surface area contributed by atoms with Crippen LogP contribution < -0.4 is 10.1 Å². The van der Waals surface area contributed by atoms with E-state index >= 15 is 0 Å². The monoisotopic (exact) mass is 340 g/mol. The van der Waals surface area contributed by atoms with Crippen LogP contribution in [0.5, 0.6) is 5.75 Å². The molecule has 1 unspecified atom stereocenters. The topological polar surface area (TPSA) is 51.2 Å². The number of aromatic nitrogens is 1. The number of amides is 1. The Bertz CT molecular complexity index is 840. The number of anilines is 1. The van der Waals surface area contributed by atoms with Crippen LogP contribution in [0.15, 0.2) is 42.5 Å². The number of benzene rings is 2. The standard InChI is InChI=1S/C19H20N2O2S/c1-4-17(19-21-16-7-5-6-8-18(16)24-19)23-14-9-10-15(12(2)11-14)20-13(3)22/h5-11,17H,4H2,1-3H3,(H,20,22). The van der Waals surface area contributed by atoms with Crippen LogP contribution in [0.4, 0.5) is 5.69 Å². The van der Waals surface area contributed by atoms with E-state index in [-0.39, 0.29) is 12.0 Å². The first-order valence-electron chi connectivity index (χ1n) is 7.97. The predicted molar refractivity (Wildman–Crippen MR) is 98.8 cm³/mol. The summed E-state index contributed by atoms with van der Waals surface area (Å²) >= 11 is 1.67. The summed E-state index contributed by atoms with van der Waals surface area (Å²) in [4.78, 5) is 15.9. The predicted octanol–water partition coefficient (Wildman–Crippen LogP) is 5.09. The number of carbonyl (C=O) groups is 1. The SMILES string of the molecule is CCC(Oc1ccc(NC(C)=O)c(C)c1)c1nc2ccccc2s1. The number of para-hydroxylation sites is 1.